The SMILES string of the molecule is Cc1ccc(C(=O)c2c(C)cc(Cc3ccc(N)cc3C#N)n2C)c(C)c1. The minimum Gasteiger partial charge on any atom is -0.399 e. The molecule has 2 N–H and O–H groups in total. The molecular weight excluding hydrogens is 334 g/mol. The number of aromatic nitrogens is 1. The molecule has 4 nitrogen and oxygen atoms in total. The van der Waals surface area contributed by atoms with E-state index in [0.717, 1.165) is 33.5 Å². The van der Waals surface area contributed by atoms with Crippen molar-refractivity contribution in [3.05, 3.63) is 87.2 Å². The maximum atomic E-state index is 13.2. The molecule has 0 aliphatic heterocycles. The van der Waals surface area contributed by atoms with Crippen molar-refractivity contribution in [2.24, 2.45) is 7.05 Å². The van der Waals surface area contributed by atoms with E-state index in [1.54, 1.807) is 12.1 Å². The fourth-order valence-electron chi connectivity index (χ4n) is 3.57. The van der Waals surface area contributed by atoms with Crippen LogP contribution in [0.4, 0.5) is 5.69 Å². The molecule has 3 rings (SSSR count). The molecule has 136 valence electrons. The topological polar surface area (TPSA) is 71.8 Å². The molecule has 27 heavy (non-hydrogen) atoms. The molecule has 0 spiro atoms. The van der Waals surface area contributed by atoms with Gasteiger partial charge in [0.1, 0.15) is 0 Å². The Morgan fingerprint density at radius 2 is 1.81 bits per heavy atom. The zero-order chi connectivity index (χ0) is 19.7. The number of carbonyl (C=O) groups is 1. The third kappa shape index (κ3) is 3.50. The fraction of sp³-hybridized carbons (Fsp3) is 0.217. The van der Waals surface area contributed by atoms with Gasteiger partial charge in [-0.15, -0.1) is 0 Å². The van der Waals surface area contributed by atoms with Crippen LogP contribution >= 0.6 is 0 Å². The van der Waals surface area contributed by atoms with Gasteiger partial charge in [0.2, 0.25) is 5.78 Å². The standard InChI is InChI=1S/C23H23N3O/c1-14-5-8-21(15(2)9-14)23(27)22-16(3)10-20(26(22)4)12-17-6-7-19(25)11-18(17)13-24/h5-11H,12,25H2,1-4H3. The molecule has 1 aromatic heterocycles. The molecule has 0 bridgehead atoms. The van der Waals surface area contributed by atoms with E-state index in [-0.39, 0.29) is 5.78 Å². The first-order chi connectivity index (χ1) is 12.8. The molecule has 0 radical (unpaired) electrons. The monoisotopic (exact) mass is 357 g/mol. The lowest BCUT2D eigenvalue weighted by molar-refractivity contribution is 0.103. The second-order valence-corrected chi connectivity index (χ2v) is 7.08. The Labute approximate surface area is 159 Å². The molecule has 0 unspecified atom stereocenters. The van der Waals surface area contributed by atoms with Crippen molar-refractivity contribution >= 4 is 11.5 Å². The van der Waals surface area contributed by atoms with Gasteiger partial charge in [-0.1, -0.05) is 29.8 Å². The highest BCUT2D eigenvalue weighted by molar-refractivity contribution is 6.10. The minimum atomic E-state index is 0.0246. The van der Waals surface area contributed by atoms with Gasteiger partial charge in [-0.25, -0.2) is 0 Å². The minimum absolute atomic E-state index is 0.0246. The van der Waals surface area contributed by atoms with Crippen molar-refractivity contribution in [3.63, 3.8) is 0 Å². The molecule has 0 fully saturated rings. The smallest absolute Gasteiger partial charge is 0.209 e. The van der Waals surface area contributed by atoms with Gasteiger partial charge in [0, 0.05) is 30.4 Å². The number of nitrogens with zero attached hydrogens (tertiary/aromatic N) is 2. The van der Waals surface area contributed by atoms with Crippen molar-refractivity contribution in [1.82, 2.24) is 4.57 Å². The lowest BCUT2D eigenvalue weighted by Gasteiger charge is -2.11. The molecular formula is C23H23N3O. The number of anilines is 1. The number of rotatable bonds is 4. The average Bonchev–Trinajstić information content (AvgIpc) is 2.89. The zero-order valence-electron chi connectivity index (χ0n) is 16.1. The van der Waals surface area contributed by atoms with E-state index in [1.165, 1.54) is 0 Å². The van der Waals surface area contributed by atoms with Crippen LogP contribution in [0.3, 0.4) is 0 Å². The van der Waals surface area contributed by atoms with Gasteiger partial charge >= 0.3 is 0 Å². The van der Waals surface area contributed by atoms with Gasteiger partial charge in [0.15, 0.2) is 0 Å². The van der Waals surface area contributed by atoms with Crippen LogP contribution in [0.1, 0.15) is 49.6 Å². The van der Waals surface area contributed by atoms with Crippen LogP contribution in [0.2, 0.25) is 0 Å². The predicted molar refractivity (Wildman–Crippen MR) is 108 cm³/mol. The summed E-state index contributed by atoms with van der Waals surface area (Å²) in [4.78, 5) is 13.2. The predicted octanol–water partition coefficient (Wildman–Crippen LogP) is 4.23. The van der Waals surface area contributed by atoms with Gasteiger partial charge < -0.3 is 10.3 Å². The van der Waals surface area contributed by atoms with Crippen LogP contribution in [0.15, 0.2) is 42.5 Å². The largest absolute Gasteiger partial charge is 0.399 e. The highest BCUT2D eigenvalue weighted by Crippen LogP contribution is 2.24. The summed E-state index contributed by atoms with van der Waals surface area (Å²) in [6, 6.07) is 15.5. The van der Waals surface area contributed by atoms with Gasteiger partial charge in [-0.3, -0.25) is 4.79 Å². The number of carbonyl (C=O) groups excluding carboxylic acids is 1. The van der Waals surface area contributed by atoms with E-state index in [2.05, 4.69) is 6.07 Å². The van der Waals surface area contributed by atoms with Crippen LogP contribution in [0, 0.1) is 32.1 Å². The van der Waals surface area contributed by atoms with E-state index in [4.69, 9.17) is 5.73 Å². The Bertz CT molecular complexity index is 1080. The van der Waals surface area contributed by atoms with E-state index in [1.807, 2.05) is 62.7 Å². The molecule has 0 atom stereocenters. The molecule has 3 aromatic rings. The first-order valence-electron chi connectivity index (χ1n) is 8.87. The Morgan fingerprint density at radius 1 is 1.07 bits per heavy atom. The van der Waals surface area contributed by atoms with Crippen LogP contribution in [-0.2, 0) is 13.5 Å². The Hall–Kier alpha value is -3.32. The van der Waals surface area contributed by atoms with Gasteiger partial charge in [-0.05, 0) is 55.7 Å². The maximum Gasteiger partial charge on any atom is 0.209 e. The third-order valence-electron chi connectivity index (χ3n) is 4.99. The lowest BCUT2D eigenvalue weighted by atomic mass is 9.99. The summed E-state index contributed by atoms with van der Waals surface area (Å²) in [6.07, 6.45) is 0.570. The maximum absolute atomic E-state index is 13.2. The molecule has 0 amide bonds. The first-order valence-corrected chi connectivity index (χ1v) is 8.87. The van der Waals surface area contributed by atoms with E-state index < -0.39 is 0 Å². The summed E-state index contributed by atoms with van der Waals surface area (Å²) in [5.74, 6) is 0.0246. The second-order valence-electron chi connectivity index (χ2n) is 7.08. The highest BCUT2D eigenvalue weighted by Gasteiger charge is 2.20. The number of nitrogen functional groups attached to an aromatic ring is 1. The van der Waals surface area contributed by atoms with Crippen LogP contribution < -0.4 is 5.73 Å². The lowest BCUT2D eigenvalue weighted by Crippen LogP contribution is -2.12. The van der Waals surface area contributed by atoms with E-state index >= 15 is 0 Å². The van der Waals surface area contributed by atoms with Crippen molar-refractivity contribution < 1.29 is 4.79 Å². The first kappa shape index (κ1) is 18.5. The van der Waals surface area contributed by atoms with Crippen molar-refractivity contribution in [1.29, 1.82) is 5.26 Å². The Balaban J connectivity index is 2.01. The summed E-state index contributed by atoms with van der Waals surface area (Å²) in [7, 11) is 1.91. The number of benzene rings is 2. The van der Waals surface area contributed by atoms with Crippen molar-refractivity contribution in [3.8, 4) is 6.07 Å². The molecule has 0 saturated carbocycles. The summed E-state index contributed by atoms with van der Waals surface area (Å²) in [6.45, 7) is 5.94. The number of ketones is 1. The fourth-order valence-corrected chi connectivity index (χ4v) is 3.57. The zero-order valence-corrected chi connectivity index (χ0v) is 16.1. The number of nitriles is 1. The molecule has 0 aliphatic carbocycles. The highest BCUT2D eigenvalue weighted by atomic mass is 16.1. The van der Waals surface area contributed by atoms with Gasteiger partial charge in [0.05, 0.1) is 17.3 Å². The van der Waals surface area contributed by atoms with Crippen LogP contribution in [0.25, 0.3) is 0 Å². The number of hydrogen-bond acceptors (Lipinski definition) is 3. The Morgan fingerprint density at radius 3 is 2.48 bits per heavy atom. The number of hydrogen-bond donors (Lipinski definition) is 1. The molecule has 1 heterocycles. The quantitative estimate of drug-likeness (QED) is 0.561. The average molecular weight is 357 g/mol. The van der Waals surface area contributed by atoms with Gasteiger partial charge in [-0.2, -0.15) is 5.26 Å². The number of aryl methyl sites for hydroxylation is 3. The van der Waals surface area contributed by atoms with Crippen molar-refractivity contribution in [2.45, 2.75) is 27.2 Å². The number of nitrogens with two attached hydrogens (primary N) is 1. The van der Waals surface area contributed by atoms with Crippen LogP contribution in [0.5, 0.6) is 0 Å². The molecule has 2 aromatic carbocycles. The van der Waals surface area contributed by atoms with Crippen molar-refractivity contribution in [2.75, 3.05) is 5.73 Å². The summed E-state index contributed by atoms with van der Waals surface area (Å²) in [5, 5.41) is 9.37. The third-order valence-corrected chi connectivity index (χ3v) is 4.99. The molecule has 0 aliphatic rings. The van der Waals surface area contributed by atoms with E-state index in [9.17, 15) is 10.1 Å². The normalized spacial score (nSPS) is 10.6. The van der Waals surface area contributed by atoms with Gasteiger partial charge in [0.25, 0.3) is 0 Å². The molecule has 4 heteroatoms. The summed E-state index contributed by atoms with van der Waals surface area (Å²) >= 11 is 0. The second kappa shape index (κ2) is 7.13. The Kier molecular flexibility index (Phi) is 4.87. The molecule has 0 saturated heterocycles. The summed E-state index contributed by atoms with van der Waals surface area (Å²) < 4.78 is 1.94. The summed E-state index contributed by atoms with van der Waals surface area (Å²) in [5.41, 5.74) is 13.3. The van der Waals surface area contributed by atoms with E-state index in [0.29, 0.717) is 23.4 Å². The van der Waals surface area contributed by atoms with Crippen LogP contribution in [-0.4, -0.2) is 10.4 Å².